The van der Waals surface area contributed by atoms with E-state index in [1.54, 1.807) is 20.8 Å². The molecule has 3 amide bonds. The van der Waals surface area contributed by atoms with Crippen molar-refractivity contribution >= 4 is 29.8 Å². The zero-order valence-corrected chi connectivity index (χ0v) is 21.4. The Labute approximate surface area is 206 Å². The number of amides is 3. The molecule has 0 unspecified atom stereocenters. The second-order valence-corrected chi connectivity index (χ2v) is 10.6. The topological polar surface area (TPSA) is 171 Å². The second-order valence-electron chi connectivity index (χ2n) is 10.6. The summed E-state index contributed by atoms with van der Waals surface area (Å²) < 4.78 is 5.26. The first kappa shape index (κ1) is 30.2. The van der Waals surface area contributed by atoms with Gasteiger partial charge >= 0.3 is 18.0 Å². The van der Waals surface area contributed by atoms with E-state index >= 15 is 0 Å². The Kier molecular flexibility index (Phi) is 12.0. The molecule has 0 radical (unpaired) electrons. The molecule has 1 aliphatic carbocycles. The van der Waals surface area contributed by atoms with Crippen LogP contribution in [0.2, 0.25) is 0 Å². The number of hydrogen-bond acceptors (Lipinski definition) is 6. The smallest absolute Gasteiger partial charge is 0.408 e. The van der Waals surface area contributed by atoms with Crippen LogP contribution in [0.15, 0.2) is 0 Å². The minimum atomic E-state index is -1.26. The minimum absolute atomic E-state index is 0.159. The summed E-state index contributed by atoms with van der Waals surface area (Å²) in [5.41, 5.74) is -0.672. The molecule has 2 atom stereocenters. The number of carbonyl (C=O) groups is 5. The maximum absolute atomic E-state index is 12.7. The standard InChI is InChI=1S/C24H41N3O8/c1-14(2)12-18(27-23(34)35-24(3,4)5)21(31)25-13-15-6-8-16(9-7-15)20(30)26-17(22(32)33)10-11-19(28)29/h14-18H,6-13H2,1-5H3,(H,25,31)(H,26,30)(H,27,34)(H,28,29)(H,32,33)/t15?,16?,17-,18+/m0/s1. The lowest BCUT2D eigenvalue weighted by Gasteiger charge is -2.29. The maximum atomic E-state index is 12.7. The number of carboxylic acids is 2. The summed E-state index contributed by atoms with van der Waals surface area (Å²) in [5.74, 6) is -3.06. The van der Waals surface area contributed by atoms with Gasteiger partial charge in [-0.05, 0) is 71.1 Å². The highest BCUT2D eigenvalue weighted by molar-refractivity contribution is 5.86. The fourth-order valence-corrected chi connectivity index (χ4v) is 3.96. The monoisotopic (exact) mass is 499 g/mol. The van der Waals surface area contributed by atoms with E-state index in [2.05, 4.69) is 16.0 Å². The van der Waals surface area contributed by atoms with E-state index in [4.69, 9.17) is 9.84 Å². The molecule has 1 aliphatic rings. The number of hydrogen-bond donors (Lipinski definition) is 5. The van der Waals surface area contributed by atoms with Crippen molar-refractivity contribution in [1.29, 1.82) is 0 Å². The van der Waals surface area contributed by atoms with Crippen LogP contribution in [0.1, 0.15) is 79.6 Å². The lowest BCUT2D eigenvalue weighted by atomic mass is 9.81. The number of nitrogens with one attached hydrogen (secondary N) is 3. The van der Waals surface area contributed by atoms with E-state index in [1.165, 1.54) is 0 Å². The van der Waals surface area contributed by atoms with Crippen molar-refractivity contribution in [3.63, 3.8) is 0 Å². The first-order chi connectivity index (χ1) is 16.2. The van der Waals surface area contributed by atoms with Gasteiger partial charge in [0.1, 0.15) is 17.7 Å². The van der Waals surface area contributed by atoms with E-state index in [1.807, 2.05) is 13.8 Å². The average molecular weight is 500 g/mol. The Morgan fingerprint density at radius 3 is 2.03 bits per heavy atom. The molecule has 0 saturated heterocycles. The van der Waals surface area contributed by atoms with Crippen LogP contribution in [0.3, 0.4) is 0 Å². The van der Waals surface area contributed by atoms with Crippen molar-refractivity contribution in [2.75, 3.05) is 6.54 Å². The molecular weight excluding hydrogens is 458 g/mol. The third-order valence-electron chi connectivity index (χ3n) is 5.76. The molecule has 0 spiro atoms. The molecule has 35 heavy (non-hydrogen) atoms. The van der Waals surface area contributed by atoms with Crippen LogP contribution in [0.25, 0.3) is 0 Å². The number of rotatable bonds is 12. The van der Waals surface area contributed by atoms with Gasteiger partial charge in [-0.25, -0.2) is 9.59 Å². The van der Waals surface area contributed by atoms with Gasteiger partial charge in [0, 0.05) is 18.9 Å². The van der Waals surface area contributed by atoms with Crippen molar-refractivity contribution in [1.82, 2.24) is 16.0 Å². The fourth-order valence-electron chi connectivity index (χ4n) is 3.96. The van der Waals surface area contributed by atoms with E-state index in [-0.39, 0.29) is 42.4 Å². The normalized spacial score (nSPS) is 19.8. The largest absolute Gasteiger partial charge is 0.481 e. The van der Waals surface area contributed by atoms with Crippen LogP contribution in [0.4, 0.5) is 4.79 Å². The van der Waals surface area contributed by atoms with Gasteiger partial charge in [0.2, 0.25) is 11.8 Å². The Balaban J connectivity index is 2.53. The minimum Gasteiger partial charge on any atom is -0.481 e. The lowest BCUT2D eigenvalue weighted by Crippen LogP contribution is -2.49. The summed E-state index contributed by atoms with van der Waals surface area (Å²) in [4.78, 5) is 59.4. The van der Waals surface area contributed by atoms with E-state index in [0.717, 1.165) is 0 Å². The van der Waals surface area contributed by atoms with Crippen molar-refractivity contribution in [2.24, 2.45) is 17.8 Å². The van der Waals surface area contributed by atoms with E-state index in [9.17, 15) is 29.1 Å². The molecule has 5 N–H and O–H groups in total. The number of aliphatic carboxylic acids is 2. The molecule has 0 bridgehead atoms. The van der Waals surface area contributed by atoms with E-state index in [0.29, 0.717) is 38.6 Å². The Bertz CT molecular complexity index is 754. The van der Waals surface area contributed by atoms with Gasteiger partial charge in [0.25, 0.3) is 0 Å². The third-order valence-corrected chi connectivity index (χ3v) is 5.76. The van der Waals surface area contributed by atoms with Crippen molar-refractivity contribution in [3.05, 3.63) is 0 Å². The van der Waals surface area contributed by atoms with Gasteiger partial charge in [0.05, 0.1) is 0 Å². The first-order valence-corrected chi connectivity index (χ1v) is 12.2. The average Bonchev–Trinajstić information content (AvgIpc) is 2.72. The zero-order chi connectivity index (χ0) is 26.8. The first-order valence-electron chi connectivity index (χ1n) is 12.2. The van der Waals surface area contributed by atoms with E-state index < -0.39 is 35.7 Å². The molecule has 11 nitrogen and oxygen atoms in total. The lowest BCUT2D eigenvalue weighted by molar-refractivity contribution is -0.144. The molecule has 1 saturated carbocycles. The molecule has 11 heteroatoms. The molecular formula is C24H41N3O8. The number of carboxylic acid groups (broad SMARTS) is 2. The predicted molar refractivity (Wildman–Crippen MR) is 128 cm³/mol. The van der Waals surface area contributed by atoms with Gasteiger partial charge < -0.3 is 30.9 Å². The van der Waals surface area contributed by atoms with Crippen molar-refractivity contribution in [2.45, 2.75) is 97.2 Å². The van der Waals surface area contributed by atoms with Gasteiger partial charge in [-0.2, -0.15) is 0 Å². The van der Waals surface area contributed by atoms with Crippen LogP contribution >= 0.6 is 0 Å². The van der Waals surface area contributed by atoms with Gasteiger partial charge in [-0.3, -0.25) is 14.4 Å². The molecule has 0 aliphatic heterocycles. The summed E-state index contributed by atoms with van der Waals surface area (Å²) in [6.07, 6.45) is 1.75. The zero-order valence-electron chi connectivity index (χ0n) is 21.4. The van der Waals surface area contributed by atoms with Crippen LogP contribution in [-0.2, 0) is 23.9 Å². The molecule has 0 aromatic carbocycles. The van der Waals surface area contributed by atoms with Crippen LogP contribution in [-0.4, -0.2) is 64.3 Å². The fraction of sp³-hybridized carbons (Fsp3) is 0.792. The number of carbonyl (C=O) groups excluding carboxylic acids is 3. The van der Waals surface area contributed by atoms with Crippen LogP contribution in [0.5, 0.6) is 0 Å². The number of alkyl carbamates (subject to hydrolysis) is 1. The summed E-state index contributed by atoms with van der Waals surface area (Å²) in [7, 11) is 0. The SMILES string of the molecule is CC(C)C[C@@H](NC(=O)OC(C)(C)C)C(=O)NCC1CCC(C(=O)N[C@@H](CCC(=O)O)C(=O)O)CC1. The van der Waals surface area contributed by atoms with Gasteiger partial charge in [0.15, 0.2) is 0 Å². The summed E-state index contributed by atoms with van der Waals surface area (Å²) in [5, 5.41) is 26.0. The second kappa shape index (κ2) is 13.9. The highest BCUT2D eigenvalue weighted by Crippen LogP contribution is 2.28. The van der Waals surface area contributed by atoms with Crippen molar-refractivity contribution < 1.29 is 38.9 Å². The van der Waals surface area contributed by atoms with Crippen LogP contribution in [0, 0.1) is 17.8 Å². The van der Waals surface area contributed by atoms with Gasteiger partial charge in [-0.15, -0.1) is 0 Å². The summed E-state index contributed by atoms with van der Waals surface area (Å²) >= 11 is 0. The highest BCUT2D eigenvalue weighted by Gasteiger charge is 2.31. The highest BCUT2D eigenvalue weighted by atomic mass is 16.6. The Morgan fingerprint density at radius 1 is 0.943 bits per heavy atom. The quantitative estimate of drug-likeness (QED) is 0.272. The summed E-state index contributed by atoms with van der Waals surface area (Å²) in [6.45, 7) is 9.57. The molecule has 1 rings (SSSR count). The molecule has 0 aromatic heterocycles. The van der Waals surface area contributed by atoms with Crippen LogP contribution < -0.4 is 16.0 Å². The van der Waals surface area contributed by atoms with Gasteiger partial charge in [-0.1, -0.05) is 13.8 Å². The molecule has 0 heterocycles. The summed E-state index contributed by atoms with van der Waals surface area (Å²) in [6, 6.07) is -1.95. The number of ether oxygens (including phenoxy) is 1. The predicted octanol–water partition coefficient (Wildman–Crippen LogP) is 2.28. The Morgan fingerprint density at radius 2 is 1.54 bits per heavy atom. The Hall–Kier alpha value is -2.85. The maximum Gasteiger partial charge on any atom is 0.408 e. The molecule has 200 valence electrons. The molecule has 0 aromatic rings. The third kappa shape index (κ3) is 12.4. The van der Waals surface area contributed by atoms with Crippen molar-refractivity contribution in [3.8, 4) is 0 Å². The molecule has 1 fully saturated rings.